The molecule has 0 atom stereocenters. The third-order valence-electron chi connectivity index (χ3n) is 4.22. The Labute approximate surface area is 161 Å². The first-order chi connectivity index (χ1) is 13.9. The minimum absolute atomic E-state index is 0.0398. The Morgan fingerprint density at radius 2 is 2.00 bits per heavy atom. The van der Waals surface area contributed by atoms with E-state index in [0.717, 1.165) is 10.1 Å². The molecule has 0 fully saturated rings. The summed E-state index contributed by atoms with van der Waals surface area (Å²) in [6.45, 7) is -0.373. The van der Waals surface area contributed by atoms with Gasteiger partial charge in [0.15, 0.2) is 5.82 Å². The summed E-state index contributed by atoms with van der Waals surface area (Å²) < 4.78 is 49.9. The zero-order valence-corrected chi connectivity index (χ0v) is 14.8. The number of hydrogen-bond acceptors (Lipinski definition) is 8. The molecule has 0 radical (unpaired) electrons. The van der Waals surface area contributed by atoms with Gasteiger partial charge in [-0.15, -0.1) is 10.2 Å². The fourth-order valence-electron chi connectivity index (χ4n) is 2.83. The molecule has 0 aromatic carbocycles. The molecule has 152 valence electrons. The van der Waals surface area contributed by atoms with Crippen molar-refractivity contribution in [2.24, 2.45) is 0 Å². The fraction of sp³-hybridized carbons (Fsp3) is 0.375. The number of amides is 1. The molecule has 0 unspecified atom stereocenters. The van der Waals surface area contributed by atoms with Crippen LogP contribution in [0.3, 0.4) is 0 Å². The first kappa shape index (κ1) is 19.0. The van der Waals surface area contributed by atoms with Gasteiger partial charge in [-0.3, -0.25) is 9.78 Å². The van der Waals surface area contributed by atoms with Crippen molar-refractivity contribution >= 4 is 5.91 Å². The molecule has 13 heteroatoms. The molecule has 3 aromatic rings. The monoisotopic (exact) mass is 409 g/mol. The number of carbonyl (C=O) groups excluding carboxylic acids is 1. The molecule has 1 aliphatic heterocycles. The van der Waals surface area contributed by atoms with Crippen molar-refractivity contribution in [3.05, 3.63) is 42.1 Å². The number of carbonyl (C=O) groups is 1. The van der Waals surface area contributed by atoms with Gasteiger partial charge >= 0.3 is 6.18 Å². The lowest BCUT2D eigenvalue weighted by Crippen LogP contribution is -2.41. The van der Waals surface area contributed by atoms with Crippen LogP contribution in [0.5, 0.6) is 0 Å². The van der Waals surface area contributed by atoms with E-state index in [4.69, 9.17) is 9.26 Å². The number of aromatic nitrogens is 6. The van der Waals surface area contributed by atoms with E-state index in [0.29, 0.717) is 5.82 Å². The van der Waals surface area contributed by atoms with Crippen LogP contribution in [-0.2, 0) is 35.4 Å². The SMILES string of the molecule is O=C(COCc1nc(-c2ccncc2)no1)N1CCn2c(nnc2C(F)(F)F)C1. The molecule has 1 aliphatic rings. The van der Waals surface area contributed by atoms with E-state index < -0.39 is 12.0 Å². The first-order valence-electron chi connectivity index (χ1n) is 8.49. The highest BCUT2D eigenvalue weighted by molar-refractivity contribution is 5.77. The number of pyridine rings is 1. The lowest BCUT2D eigenvalue weighted by atomic mass is 10.2. The summed E-state index contributed by atoms with van der Waals surface area (Å²) in [5.41, 5.74) is 0.724. The van der Waals surface area contributed by atoms with Gasteiger partial charge in [0.25, 0.3) is 5.89 Å². The van der Waals surface area contributed by atoms with Crippen LogP contribution in [0.15, 0.2) is 29.0 Å². The molecule has 1 amide bonds. The van der Waals surface area contributed by atoms with Crippen LogP contribution in [-0.4, -0.2) is 53.8 Å². The summed E-state index contributed by atoms with van der Waals surface area (Å²) in [4.78, 5) is 21.7. The van der Waals surface area contributed by atoms with Gasteiger partial charge in [-0.05, 0) is 12.1 Å². The first-order valence-corrected chi connectivity index (χ1v) is 8.49. The highest BCUT2D eigenvalue weighted by Crippen LogP contribution is 2.29. The highest BCUT2D eigenvalue weighted by atomic mass is 19.4. The smallest absolute Gasteiger partial charge is 0.362 e. The fourth-order valence-corrected chi connectivity index (χ4v) is 2.83. The maximum Gasteiger partial charge on any atom is 0.451 e. The summed E-state index contributed by atoms with van der Waals surface area (Å²) in [6, 6.07) is 3.44. The minimum Gasteiger partial charge on any atom is -0.362 e. The summed E-state index contributed by atoms with van der Waals surface area (Å²) in [6.07, 6.45) is -1.39. The van der Waals surface area contributed by atoms with Crippen LogP contribution in [0.25, 0.3) is 11.4 Å². The molecule has 0 N–H and O–H groups in total. The zero-order chi connectivity index (χ0) is 20.4. The molecular weight excluding hydrogens is 395 g/mol. The van der Waals surface area contributed by atoms with E-state index in [1.165, 1.54) is 4.90 Å². The Morgan fingerprint density at radius 3 is 2.76 bits per heavy atom. The van der Waals surface area contributed by atoms with Gasteiger partial charge < -0.3 is 18.7 Å². The number of alkyl halides is 3. The molecule has 29 heavy (non-hydrogen) atoms. The van der Waals surface area contributed by atoms with Gasteiger partial charge in [0.1, 0.15) is 13.2 Å². The minimum atomic E-state index is -4.58. The van der Waals surface area contributed by atoms with E-state index in [1.807, 2.05) is 0 Å². The maximum atomic E-state index is 12.9. The van der Waals surface area contributed by atoms with Gasteiger partial charge in [0.2, 0.25) is 17.6 Å². The van der Waals surface area contributed by atoms with Crippen LogP contribution >= 0.6 is 0 Å². The summed E-state index contributed by atoms with van der Waals surface area (Å²) in [7, 11) is 0. The van der Waals surface area contributed by atoms with Crippen LogP contribution in [0, 0.1) is 0 Å². The predicted molar refractivity (Wildman–Crippen MR) is 87.6 cm³/mol. The largest absolute Gasteiger partial charge is 0.451 e. The normalized spacial score (nSPS) is 14.1. The molecular formula is C16H14F3N7O3. The van der Waals surface area contributed by atoms with E-state index in [2.05, 4.69) is 25.3 Å². The van der Waals surface area contributed by atoms with Crippen molar-refractivity contribution in [3.8, 4) is 11.4 Å². The van der Waals surface area contributed by atoms with Gasteiger partial charge in [0, 0.05) is 31.0 Å². The summed E-state index contributed by atoms with van der Waals surface area (Å²) in [5, 5.41) is 10.5. The second-order valence-electron chi connectivity index (χ2n) is 6.14. The quantitative estimate of drug-likeness (QED) is 0.620. The van der Waals surface area contributed by atoms with E-state index in [1.54, 1.807) is 24.5 Å². The summed E-state index contributed by atoms with van der Waals surface area (Å²) >= 11 is 0. The standard InChI is InChI=1S/C16H14F3N7O3/c17-16(18,19)15-23-22-11-7-25(5-6-26(11)15)13(27)9-28-8-12-21-14(24-29-12)10-1-3-20-4-2-10/h1-4H,5-9H2. The van der Waals surface area contributed by atoms with Crippen molar-refractivity contribution in [3.63, 3.8) is 0 Å². The number of halogens is 3. The number of rotatable bonds is 5. The molecule has 4 rings (SSSR count). The molecule has 0 saturated heterocycles. The maximum absolute atomic E-state index is 12.9. The number of ether oxygens (including phenoxy) is 1. The van der Waals surface area contributed by atoms with Crippen LogP contribution < -0.4 is 0 Å². The number of hydrogen-bond donors (Lipinski definition) is 0. The zero-order valence-electron chi connectivity index (χ0n) is 14.8. The van der Waals surface area contributed by atoms with E-state index in [9.17, 15) is 18.0 Å². The van der Waals surface area contributed by atoms with Gasteiger partial charge in [-0.25, -0.2) is 0 Å². The number of nitrogens with zero attached hydrogens (tertiary/aromatic N) is 7. The second-order valence-corrected chi connectivity index (χ2v) is 6.14. The van der Waals surface area contributed by atoms with Crippen LogP contribution in [0.4, 0.5) is 13.2 Å². The van der Waals surface area contributed by atoms with Crippen molar-refractivity contribution in [2.75, 3.05) is 13.2 Å². The van der Waals surface area contributed by atoms with Gasteiger partial charge in [-0.1, -0.05) is 5.16 Å². The Morgan fingerprint density at radius 1 is 1.21 bits per heavy atom. The Hall–Kier alpha value is -3.35. The topological polar surface area (TPSA) is 112 Å². The van der Waals surface area contributed by atoms with Gasteiger partial charge in [-0.2, -0.15) is 18.2 Å². The number of fused-ring (bicyclic) bond motifs is 1. The average molecular weight is 409 g/mol. The Bertz CT molecular complexity index is 1000. The van der Waals surface area contributed by atoms with E-state index >= 15 is 0 Å². The molecule has 0 spiro atoms. The predicted octanol–water partition coefficient (Wildman–Crippen LogP) is 1.30. The molecule has 0 bridgehead atoms. The molecule has 0 saturated carbocycles. The molecule has 0 aliphatic carbocycles. The summed E-state index contributed by atoms with van der Waals surface area (Å²) in [5.74, 6) is -0.805. The third kappa shape index (κ3) is 4.08. The van der Waals surface area contributed by atoms with Crippen molar-refractivity contribution < 1.29 is 27.2 Å². The van der Waals surface area contributed by atoms with Gasteiger partial charge in [0.05, 0.1) is 6.54 Å². The van der Waals surface area contributed by atoms with Crippen LogP contribution in [0.1, 0.15) is 17.5 Å². The second kappa shape index (κ2) is 7.58. The lowest BCUT2D eigenvalue weighted by molar-refractivity contribution is -0.148. The van der Waals surface area contributed by atoms with Crippen LogP contribution in [0.2, 0.25) is 0 Å². The van der Waals surface area contributed by atoms with Crippen molar-refractivity contribution in [1.82, 2.24) is 34.8 Å². The van der Waals surface area contributed by atoms with E-state index in [-0.39, 0.29) is 50.5 Å². The van der Waals surface area contributed by atoms with Crippen molar-refractivity contribution in [2.45, 2.75) is 25.9 Å². The molecule has 4 heterocycles. The van der Waals surface area contributed by atoms with Crippen molar-refractivity contribution in [1.29, 1.82) is 0 Å². The Balaban J connectivity index is 1.30. The highest BCUT2D eigenvalue weighted by Gasteiger charge is 2.39. The molecule has 10 nitrogen and oxygen atoms in total. The third-order valence-corrected chi connectivity index (χ3v) is 4.22. The average Bonchev–Trinajstić information content (AvgIpc) is 3.35. The molecule has 3 aromatic heterocycles. The Kier molecular flexibility index (Phi) is 4.96. The lowest BCUT2D eigenvalue weighted by Gasteiger charge is -2.27.